The van der Waals surface area contributed by atoms with Gasteiger partial charge < -0.3 is 4.42 Å². The van der Waals surface area contributed by atoms with Crippen LogP contribution in [0.4, 0.5) is 0 Å². The van der Waals surface area contributed by atoms with Crippen LogP contribution in [0, 0.1) is 0 Å². The Morgan fingerprint density at radius 2 is 0.855 bits per heavy atom. The number of thiophene rings is 1. The summed E-state index contributed by atoms with van der Waals surface area (Å²) in [6, 6.07) is 84.6. The fourth-order valence-corrected chi connectivity index (χ4v) is 12.2. The molecule has 10 aromatic carbocycles. The van der Waals surface area contributed by atoms with Crippen molar-refractivity contribution < 1.29 is 4.42 Å². The maximum Gasteiger partial charge on any atom is 0.164 e. The molecule has 0 spiro atoms. The van der Waals surface area contributed by atoms with Gasteiger partial charge in [-0.25, -0.2) is 15.0 Å². The van der Waals surface area contributed by atoms with E-state index in [1.54, 1.807) is 11.3 Å². The Hall–Kier alpha value is -8.77. The average Bonchev–Trinajstić information content (AvgIpc) is 4.09. The number of hydrogen-bond donors (Lipinski definition) is 0. The number of aromatic nitrogens is 3. The minimum Gasteiger partial charge on any atom is -0.456 e. The number of furan rings is 1. The second kappa shape index (κ2) is 15.7. The zero-order valence-corrected chi connectivity index (χ0v) is 38.0. The van der Waals surface area contributed by atoms with Crippen molar-refractivity contribution in [2.45, 2.75) is 5.41 Å². The molecule has 69 heavy (non-hydrogen) atoms. The van der Waals surface area contributed by atoms with Crippen LogP contribution in [0.3, 0.4) is 0 Å². The van der Waals surface area contributed by atoms with Crippen molar-refractivity contribution in [2.75, 3.05) is 0 Å². The van der Waals surface area contributed by atoms with Crippen LogP contribution < -0.4 is 0 Å². The highest BCUT2D eigenvalue weighted by atomic mass is 32.1. The van der Waals surface area contributed by atoms with Crippen LogP contribution >= 0.6 is 11.3 Å². The molecular weight excluding hydrogens is 859 g/mol. The van der Waals surface area contributed by atoms with Crippen LogP contribution in [0.15, 0.2) is 241 Å². The van der Waals surface area contributed by atoms with Crippen LogP contribution in [0.1, 0.15) is 22.3 Å². The van der Waals surface area contributed by atoms with E-state index in [1.807, 2.05) is 18.2 Å². The van der Waals surface area contributed by atoms with Crippen LogP contribution in [0.2, 0.25) is 0 Å². The first-order chi connectivity index (χ1) is 34.2. The Balaban J connectivity index is 0.985. The maximum absolute atomic E-state index is 6.70. The van der Waals surface area contributed by atoms with Gasteiger partial charge in [0.05, 0.1) is 5.41 Å². The summed E-state index contributed by atoms with van der Waals surface area (Å²) in [7, 11) is 0. The first kappa shape index (κ1) is 39.4. The second-order valence-corrected chi connectivity index (χ2v) is 18.9. The Morgan fingerprint density at radius 3 is 1.61 bits per heavy atom. The predicted octanol–water partition coefficient (Wildman–Crippen LogP) is 16.8. The third kappa shape index (κ3) is 6.11. The normalized spacial score (nSPS) is 12.8. The molecule has 13 aromatic rings. The average molecular weight is 898 g/mol. The van der Waals surface area contributed by atoms with Gasteiger partial charge in [0, 0.05) is 47.6 Å². The molecule has 0 bridgehead atoms. The van der Waals surface area contributed by atoms with Gasteiger partial charge in [-0.05, 0) is 92.0 Å². The molecule has 322 valence electrons. The SMILES string of the molecule is c1ccc(-c2ccccc2-c2nc(-c3cccc4oc5ccc(-c6ccc7c(c6)C(c6ccccc6)(c6ccccc6)c6ccccc6-7)cc5c34)nc(-c3cccc4sc5ccccc5c34)n2)cc1. The molecular formula is C64H39N3OS. The number of nitrogens with zero attached hydrogens (tertiary/aromatic N) is 3. The topological polar surface area (TPSA) is 51.8 Å². The molecule has 0 N–H and O–H groups in total. The van der Waals surface area contributed by atoms with Crippen LogP contribution in [0.5, 0.6) is 0 Å². The molecule has 0 atom stereocenters. The van der Waals surface area contributed by atoms with Crippen molar-refractivity contribution in [3.8, 4) is 67.5 Å². The van der Waals surface area contributed by atoms with Gasteiger partial charge in [-0.1, -0.05) is 200 Å². The van der Waals surface area contributed by atoms with E-state index >= 15 is 0 Å². The first-order valence-electron chi connectivity index (χ1n) is 23.3. The maximum atomic E-state index is 6.70. The monoisotopic (exact) mass is 897 g/mol. The minimum absolute atomic E-state index is 0.503. The highest BCUT2D eigenvalue weighted by Crippen LogP contribution is 2.57. The molecule has 0 saturated carbocycles. The molecule has 14 rings (SSSR count). The predicted molar refractivity (Wildman–Crippen MR) is 284 cm³/mol. The third-order valence-electron chi connectivity index (χ3n) is 14.1. The van der Waals surface area contributed by atoms with Crippen LogP contribution in [0.25, 0.3) is 110 Å². The lowest BCUT2D eigenvalue weighted by Crippen LogP contribution is -2.28. The van der Waals surface area contributed by atoms with Gasteiger partial charge in [-0.15, -0.1) is 11.3 Å². The first-order valence-corrected chi connectivity index (χ1v) is 24.2. The van der Waals surface area contributed by atoms with Gasteiger partial charge >= 0.3 is 0 Å². The van der Waals surface area contributed by atoms with Gasteiger partial charge in [-0.3, -0.25) is 0 Å². The summed E-state index contributed by atoms with van der Waals surface area (Å²) in [5.74, 6) is 1.81. The summed E-state index contributed by atoms with van der Waals surface area (Å²) in [5.41, 5.74) is 15.8. The Morgan fingerprint density at radius 1 is 0.319 bits per heavy atom. The van der Waals surface area contributed by atoms with Gasteiger partial charge in [0.25, 0.3) is 0 Å². The summed E-state index contributed by atoms with van der Waals surface area (Å²) in [6.45, 7) is 0. The van der Waals surface area contributed by atoms with E-state index in [0.717, 1.165) is 66.3 Å². The molecule has 3 aromatic heterocycles. The standard InChI is InChI=1S/C64H39N3OS/c1-4-18-40(19-5-1)45-24-10-11-26-48(45)61-65-62(67-63(66-61)51-29-17-33-58-60(51)49-27-13-15-32-57(49)69-58)50-28-16-31-56-59(50)52-38-41(35-37-55(52)68-56)42-34-36-47-46-25-12-14-30-53(46)64(54(47)39-42,43-20-6-2-7-21-43)44-22-8-3-9-23-44/h1-39H. The number of fused-ring (bicyclic) bond motifs is 9. The molecule has 3 heterocycles. The van der Waals surface area contributed by atoms with E-state index in [9.17, 15) is 0 Å². The largest absolute Gasteiger partial charge is 0.456 e. The Labute approximate surface area is 402 Å². The Kier molecular flexibility index (Phi) is 8.95. The van der Waals surface area contributed by atoms with Crippen molar-refractivity contribution in [1.29, 1.82) is 0 Å². The summed E-state index contributed by atoms with van der Waals surface area (Å²) >= 11 is 1.79. The summed E-state index contributed by atoms with van der Waals surface area (Å²) in [5, 5.41) is 4.30. The van der Waals surface area contributed by atoms with E-state index in [-0.39, 0.29) is 0 Å². The number of hydrogen-bond acceptors (Lipinski definition) is 5. The van der Waals surface area contributed by atoms with E-state index in [1.165, 1.54) is 48.2 Å². The highest BCUT2D eigenvalue weighted by Gasteiger charge is 2.46. The molecule has 4 nitrogen and oxygen atoms in total. The lowest BCUT2D eigenvalue weighted by Gasteiger charge is -2.34. The van der Waals surface area contributed by atoms with E-state index in [0.29, 0.717) is 17.5 Å². The van der Waals surface area contributed by atoms with Gasteiger partial charge in [0.2, 0.25) is 0 Å². The molecule has 0 aliphatic heterocycles. The molecule has 0 fully saturated rings. The van der Waals surface area contributed by atoms with Gasteiger partial charge in [0.15, 0.2) is 17.5 Å². The van der Waals surface area contributed by atoms with Gasteiger partial charge in [0.1, 0.15) is 11.2 Å². The fraction of sp³-hybridized carbons (Fsp3) is 0.0156. The smallest absolute Gasteiger partial charge is 0.164 e. The van der Waals surface area contributed by atoms with Crippen molar-refractivity contribution in [3.63, 3.8) is 0 Å². The molecule has 1 aliphatic carbocycles. The zero-order chi connectivity index (χ0) is 45.5. The molecule has 5 heteroatoms. The number of rotatable bonds is 7. The summed E-state index contributed by atoms with van der Waals surface area (Å²) in [6.07, 6.45) is 0. The molecule has 1 aliphatic rings. The van der Waals surface area contributed by atoms with Crippen molar-refractivity contribution in [3.05, 3.63) is 259 Å². The summed E-state index contributed by atoms with van der Waals surface area (Å²) in [4.78, 5) is 16.2. The summed E-state index contributed by atoms with van der Waals surface area (Å²) < 4.78 is 9.12. The second-order valence-electron chi connectivity index (χ2n) is 17.8. The quantitative estimate of drug-likeness (QED) is 0.160. The van der Waals surface area contributed by atoms with E-state index in [2.05, 4.69) is 218 Å². The minimum atomic E-state index is -0.503. The number of benzene rings is 10. The van der Waals surface area contributed by atoms with Gasteiger partial charge in [-0.2, -0.15) is 0 Å². The lowest BCUT2D eigenvalue weighted by molar-refractivity contribution is 0.669. The fourth-order valence-electron chi connectivity index (χ4n) is 11.1. The van der Waals surface area contributed by atoms with E-state index in [4.69, 9.17) is 19.4 Å². The zero-order valence-electron chi connectivity index (χ0n) is 37.2. The van der Waals surface area contributed by atoms with Crippen LogP contribution in [-0.2, 0) is 5.41 Å². The molecule has 0 saturated heterocycles. The van der Waals surface area contributed by atoms with Crippen molar-refractivity contribution >= 4 is 53.4 Å². The lowest BCUT2D eigenvalue weighted by atomic mass is 9.67. The molecule has 0 radical (unpaired) electrons. The van der Waals surface area contributed by atoms with Crippen LogP contribution in [-0.4, -0.2) is 15.0 Å². The third-order valence-corrected chi connectivity index (χ3v) is 15.2. The highest BCUT2D eigenvalue weighted by molar-refractivity contribution is 7.25. The molecule has 0 unspecified atom stereocenters. The van der Waals surface area contributed by atoms with Crippen molar-refractivity contribution in [1.82, 2.24) is 15.0 Å². The Bertz CT molecular complexity index is 4100. The van der Waals surface area contributed by atoms with Crippen molar-refractivity contribution in [2.24, 2.45) is 0 Å². The van der Waals surface area contributed by atoms with E-state index < -0.39 is 5.41 Å². The molecule has 0 amide bonds.